The molecule has 1 aliphatic rings. The van der Waals surface area contributed by atoms with E-state index in [0.29, 0.717) is 11.3 Å². The standard InChI is InChI=1S/C19H22N2O3/c1-19(2)8-7-14-13(9-19)10-21-17(16(14)18(22)23)15-6-4-3-5-12(15)11-24-20/h3-6,10H,7-9,11,20H2,1-2H3,(H,22,23). The van der Waals surface area contributed by atoms with Crippen LogP contribution in [0.15, 0.2) is 30.5 Å². The lowest BCUT2D eigenvalue weighted by Crippen LogP contribution is -2.25. The van der Waals surface area contributed by atoms with Gasteiger partial charge in [0, 0.05) is 11.8 Å². The summed E-state index contributed by atoms with van der Waals surface area (Å²) in [5, 5.41) is 9.84. The molecule has 126 valence electrons. The third-order valence-corrected chi connectivity index (χ3v) is 4.72. The van der Waals surface area contributed by atoms with Crippen LogP contribution in [-0.4, -0.2) is 16.1 Å². The molecule has 1 aromatic heterocycles. The van der Waals surface area contributed by atoms with E-state index in [9.17, 15) is 9.90 Å². The maximum absolute atomic E-state index is 12.0. The van der Waals surface area contributed by atoms with E-state index in [2.05, 4.69) is 18.8 Å². The first-order chi connectivity index (χ1) is 11.4. The van der Waals surface area contributed by atoms with Crippen molar-refractivity contribution in [3.8, 4) is 11.3 Å². The molecule has 0 saturated heterocycles. The third kappa shape index (κ3) is 3.05. The maximum atomic E-state index is 12.0. The molecule has 3 rings (SSSR count). The van der Waals surface area contributed by atoms with Gasteiger partial charge in [-0.15, -0.1) is 0 Å². The van der Waals surface area contributed by atoms with Gasteiger partial charge in [-0.3, -0.25) is 9.82 Å². The molecule has 0 spiro atoms. The predicted octanol–water partition coefficient (Wildman–Crippen LogP) is 3.35. The smallest absolute Gasteiger partial charge is 0.338 e. The minimum Gasteiger partial charge on any atom is -0.478 e. The Kier molecular flexibility index (Phi) is 4.39. The molecule has 0 amide bonds. The first-order valence-corrected chi connectivity index (χ1v) is 8.07. The normalized spacial score (nSPS) is 15.8. The van der Waals surface area contributed by atoms with Crippen LogP contribution in [0.5, 0.6) is 0 Å². The van der Waals surface area contributed by atoms with Crippen LogP contribution in [0.2, 0.25) is 0 Å². The zero-order valence-corrected chi connectivity index (χ0v) is 14.0. The summed E-state index contributed by atoms with van der Waals surface area (Å²) in [6.07, 6.45) is 4.41. The predicted molar refractivity (Wildman–Crippen MR) is 91.4 cm³/mol. The van der Waals surface area contributed by atoms with Crippen molar-refractivity contribution in [2.45, 2.75) is 39.7 Å². The molecule has 5 nitrogen and oxygen atoms in total. The lowest BCUT2D eigenvalue weighted by Gasteiger charge is -2.32. The molecule has 1 heterocycles. The quantitative estimate of drug-likeness (QED) is 0.842. The van der Waals surface area contributed by atoms with Crippen LogP contribution >= 0.6 is 0 Å². The summed E-state index contributed by atoms with van der Waals surface area (Å²) in [4.78, 5) is 21.3. The average molecular weight is 326 g/mol. The van der Waals surface area contributed by atoms with Gasteiger partial charge >= 0.3 is 5.97 Å². The van der Waals surface area contributed by atoms with Gasteiger partial charge in [-0.2, -0.15) is 0 Å². The number of benzene rings is 1. The van der Waals surface area contributed by atoms with E-state index in [-0.39, 0.29) is 12.0 Å². The van der Waals surface area contributed by atoms with Crippen LogP contribution in [0.4, 0.5) is 0 Å². The van der Waals surface area contributed by atoms with Gasteiger partial charge < -0.3 is 5.11 Å². The molecule has 0 atom stereocenters. The molecule has 0 unspecified atom stereocenters. The molecular weight excluding hydrogens is 304 g/mol. The summed E-state index contributed by atoms with van der Waals surface area (Å²) in [7, 11) is 0. The van der Waals surface area contributed by atoms with Crippen molar-refractivity contribution in [3.05, 3.63) is 52.7 Å². The Labute approximate surface area is 141 Å². The van der Waals surface area contributed by atoms with Crippen LogP contribution in [0.3, 0.4) is 0 Å². The topological polar surface area (TPSA) is 85.4 Å². The first kappa shape index (κ1) is 16.6. The molecule has 0 bridgehead atoms. The lowest BCUT2D eigenvalue weighted by molar-refractivity contribution is 0.0695. The molecule has 1 aliphatic carbocycles. The fourth-order valence-electron chi connectivity index (χ4n) is 3.50. The van der Waals surface area contributed by atoms with Crippen LogP contribution in [0.1, 0.15) is 47.3 Å². The summed E-state index contributed by atoms with van der Waals surface area (Å²) in [6.45, 7) is 4.62. The number of pyridine rings is 1. The Balaban J connectivity index is 2.19. The summed E-state index contributed by atoms with van der Waals surface area (Å²) in [5.74, 6) is 4.28. The van der Waals surface area contributed by atoms with Gasteiger partial charge in [0.2, 0.25) is 0 Å². The molecule has 0 aliphatic heterocycles. The molecule has 24 heavy (non-hydrogen) atoms. The number of aromatic carboxylic acids is 1. The summed E-state index contributed by atoms with van der Waals surface area (Å²) >= 11 is 0. The Bertz CT molecular complexity index is 784. The van der Waals surface area contributed by atoms with Crippen molar-refractivity contribution in [2.24, 2.45) is 11.3 Å². The number of nitrogens with zero attached hydrogens (tertiary/aromatic N) is 1. The summed E-state index contributed by atoms with van der Waals surface area (Å²) < 4.78 is 0. The van der Waals surface area contributed by atoms with E-state index in [4.69, 9.17) is 10.7 Å². The number of carboxylic acids is 1. The minimum absolute atomic E-state index is 0.178. The van der Waals surface area contributed by atoms with Crippen molar-refractivity contribution in [3.63, 3.8) is 0 Å². The Morgan fingerprint density at radius 3 is 2.83 bits per heavy atom. The first-order valence-electron chi connectivity index (χ1n) is 8.07. The number of carboxylic acid groups (broad SMARTS) is 1. The molecule has 0 saturated carbocycles. The number of carbonyl (C=O) groups is 1. The van der Waals surface area contributed by atoms with Gasteiger partial charge in [0.15, 0.2) is 0 Å². The highest BCUT2D eigenvalue weighted by molar-refractivity contribution is 5.97. The highest BCUT2D eigenvalue weighted by atomic mass is 16.6. The van der Waals surface area contributed by atoms with Gasteiger partial charge in [-0.05, 0) is 41.4 Å². The van der Waals surface area contributed by atoms with Crippen LogP contribution in [0.25, 0.3) is 11.3 Å². The lowest BCUT2D eigenvalue weighted by atomic mass is 9.73. The molecule has 0 fully saturated rings. The molecular formula is C19H22N2O3. The SMILES string of the molecule is CC1(C)CCc2c(cnc(-c3ccccc3CON)c2C(=O)O)C1. The van der Waals surface area contributed by atoms with Crippen LogP contribution in [0, 0.1) is 5.41 Å². The molecule has 3 N–H and O–H groups in total. The highest BCUT2D eigenvalue weighted by Gasteiger charge is 2.30. The summed E-state index contributed by atoms with van der Waals surface area (Å²) in [5.41, 5.74) is 4.52. The number of rotatable bonds is 4. The monoisotopic (exact) mass is 326 g/mol. The molecule has 2 aromatic rings. The van der Waals surface area contributed by atoms with Crippen molar-refractivity contribution < 1.29 is 14.7 Å². The number of hydrogen-bond donors (Lipinski definition) is 2. The van der Waals surface area contributed by atoms with Gasteiger partial charge in [0.25, 0.3) is 0 Å². The minimum atomic E-state index is -0.933. The van der Waals surface area contributed by atoms with E-state index in [1.807, 2.05) is 30.5 Å². The average Bonchev–Trinajstić information content (AvgIpc) is 2.53. The van der Waals surface area contributed by atoms with Crippen molar-refractivity contribution in [1.29, 1.82) is 0 Å². The van der Waals surface area contributed by atoms with Gasteiger partial charge in [0.05, 0.1) is 17.9 Å². The molecule has 0 radical (unpaired) electrons. The summed E-state index contributed by atoms with van der Waals surface area (Å²) in [6, 6.07) is 7.48. The fourth-order valence-corrected chi connectivity index (χ4v) is 3.50. The van der Waals surface area contributed by atoms with Gasteiger partial charge in [-0.1, -0.05) is 38.1 Å². The Morgan fingerprint density at radius 1 is 1.38 bits per heavy atom. The Morgan fingerprint density at radius 2 is 2.12 bits per heavy atom. The third-order valence-electron chi connectivity index (χ3n) is 4.72. The second kappa shape index (κ2) is 6.34. The van der Waals surface area contributed by atoms with Crippen molar-refractivity contribution in [1.82, 2.24) is 4.98 Å². The number of hydrogen-bond acceptors (Lipinski definition) is 4. The van der Waals surface area contributed by atoms with E-state index in [1.165, 1.54) is 0 Å². The van der Waals surface area contributed by atoms with E-state index >= 15 is 0 Å². The number of fused-ring (bicyclic) bond motifs is 1. The number of nitrogens with two attached hydrogens (primary N) is 1. The zero-order valence-electron chi connectivity index (χ0n) is 14.0. The van der Waals surface area contributed by atoms with Crippen molar-refractivity contribution in [2.75, 3.05) is 0 Å². The largest absolute Gasteiger partial charge is 0.478 e. The van der Waals surface area contributed by atoms with Crippen LogP contribution in [-0.2, 0) is 24.3 Å². The van der Waals surface area contributed by atoms with E-state index < -0.39 is 5.97 Å². The van der Waals surface area contributed by atoms with Gasteiger partial charge in [-0.25, -0.2) is 10.7 Å². The highest BCUT2D eigenvalue weighted by Crippen LogP contribution is 2.38. The number of aromatic nitrogens is 1. The van der Waals surface area contributed by atoms with Gasteiger partial charge in [0.1, 0.15) is 0 Å². The molecule has 1 aromatic carbocycles. The van der Waals surface area contributed by atoms with E-state index in [0.717, 1.165) is 41.5 Å². The molecule has 5 heteroatoms. The zero-order chi connectivity index (χ0) is 17.3. The fraction of sp³-hybridized carbons (Fsp3) is 0.368. The Hall–Kier alpha value is -2.24. The second-order valence-electron chi connectivity index (χ2n) is 7.10. The van der Waals surface area contributed by atoms with Crippen LogP contribution < -0.4 is 5.90 Å². The maximum Gasteiger partial charge on any atom is 0.338 e. The van der Waals surface area contributed by atoms with E-state index in [1.54, 1.807) is 0 Å². The van der Waals surface area contributed by atoms with Crippen molar-refractivity contribution >= 4 is 5.97 Å². The second-order valence-corrected chi connectivity index (χ2v) is 7.10.